The highest BCUT2D eigenvalue weighted by molar-refractivity contribution is 7.89. The van der Waals surface area contributed by atoms with Gasteiger partial charge in [0.05, 0.1) is 5.69 Å². The minimum atomic E-state index is -3.63. The first kappa shape index (κ1) is 16.5. The van der Waals surface area contributed by atoms with Crippen molar-refractivity contribution in [3.63, 3.8) is 0 Å². The van der Waals surface area contributed by atoms with Crippen LogP contribution in [0.3, 0.4) is 0 Å². The van der Waals surface area contributed by atoms with E-state index >= 15 is 0 Å². The summed E-state index contributed by atoms with van der Waals surface area (Å²) in [5, 5.41) is 4.31. The van der Waals surface area contributed by atoms with E-state index in [4.69, 9.17) is 11.6 Å². The standard InChI is InChI=1S/C16H20ClN3O2S/c1-12-15(16(17)19(2)18-12)23(21,22)20-10-6-9-14(20)11-13-7-4-3-5-8-13/h3-5,7-8,14H,6,9-11H2,1-2H3. The topological polar surface area (TPSA) is 55.2 Å². The Bertz CT molecular complexity index is 802. The number of hydrogen-bond acceptors (Lipinski definition) is 3. The number of rotatable bonds is 4. The molecule has 0 spiro atoms. The molecule has 1 atom stereocenters. The number of aryl methyl sites for hydroxylation is 2. The van der Waals surface area contributed by atoms with E-state index < -0.39 is 10.0 Å². The van der Waals surface area contributed by atoms with Crippen LogP contribution in [-0.4, -0.2) is 35.1 Å². The second kappa shape index (κ2) is 6.26. The van der Waals surface area contributed by atoms with E-state index in [-0.39, 0.29) is 16.1 Å². The van der Waals surface area contributed by atoms with Crippen LogP contribution in [0.1, 0.15) is 24.1 Å². The minimum Gasteiger partial charge on any atom is -0.255 e. The van der Waals surface area contributed by atoms with Crippen LogP contribution < -0.4 is 0 Å². The summed E-state index contributed by atoms with van der Waals surface area (Å²) in [6.45, 7) is 2.21. The molecule has 1 fully saturated rings. The summed E-state index contributed by atoms with van der Waals surface area (Å²) in [6.07, 6.45) is 2.45. The van der Waals surface area contributed by atoms with E-state index in [0.29, 0.717) is 12.2 Å². The molecule has 3 rings (SSSR count). The van der Waals surface area contributed by atoms with E-state index in [1.165, 1.54) is 4.68 Å². The zero-order valence-corrected chi connectivity index (χ0v) is 14.8. The SMILES string of the molecule is Cc1nn(C)c(Cl)c1S(=O)(=O)N1CCCC1Cc1ccccc1. The highest BCUT2D eigenvalue weighted by Gasteiger charge is 2.38. The molecule has 2 heterocycles. The normalized spacial score (nSPS) is 19.3. The quantitative estimate of drug-likeness (QED) is 0.849. The molecule has 1 aliphatic heterocycles. The molecular weight excluding hydrogens is 334 g/mol. The maximum absolute atomic E-state index is 13.1. The summed E-state index contributed by atoms with van der Waals surface area (Å²) < 4.78 is 29.2. The number of aromatic nitrogens is 2. The number of sulfonamides is 1. The number of benzene rings is 1. The van der Waals surface area contributed by atoms with Crippen molar-refractivity contribution < 1.29 is 8.42 Å². The summed E-state index contributed by atoms with van der Waals surface area (Å²) in [5.41, 5.74) is 1.59. The molecule has 1 aromatic carbocycles. The lowest BCUT2D eigenvalue weighted by molar-refractivity contribution is 0.385. The maximum atomic E-state index is 13.1. The largest absolute Gasteiger partial charge is 0.255 e. The molecule has 1 saturated heterocycles. The van der Waals surface area contributed by atoms with E-state index in [9.17, 15) is 8.42 Å². The Balaban J connectivity index is 1.92. The van der Waals surface area contributed by atoms with Crippen LogP contribution in [0.25, 0.3) is 0 Å². The molecule has 0 radical (unpaired) electrons. The zero-order chi connectivity index (χ0) is 16.6. The molecule has 23 heavy (non-hydrogen) atoms. The van der Waals surface area contributed by atoms with Crippen molar-refractivity contribution in [2.24, 2.45) is 7.05 Å². The van der Waals surface area contributed by atoms with Gasteiger partial charge >= 0.3 is 0 Å². The van der Waals surface area contributed by atoms with Crippen molar-refractivity contribution >= 4 is 21.6 Å². The lowest BCUT2D eigenvalue weighted by Crippen LogP contribution is -2.37. The van der Waals surface area contributed by atoms with E-state index in [0.717, 1.165) is 24.8 Å². The average molecular weight is 354 g/mol. The lowest BCUT2D eigenvalue weighted by atomic mass is 10.1. The highest BCUT2D eigenvalue weighted by Crippen LogP contribution is 2.33. The van der Waals surface area contributed by atoms with Crippen LogP contribution in [0, 0.1) is 6.92 Å². The molecule has 0 amide bonds. The van der Waals surface area contributed by atoms with Crippen LogP contribution in [-0.2, 0) is 23.5 Å². The number of halogens is 1. The molecule has 0 aliphatic carbocycles. The third kappa shape index (κ3) is 3.03. The van der Waals surface area contributed by atoms with Gasteiger partial charge in [-0.1, -0.05) is 41.9 Å². The van der Waals surface area contributed by atoms with Crippen molar-refractivity contribution in [1.29, 1.82) is 0 Å². The van der Waals surface area contributed by atoms with Gasteiger partial charge in [0.1, 0.15) is 10.0 Å². The van der Waals surface area contributed by atoms with Crippen LogP contribution in [0.4, 0.5) is 0 Å². The van der Waals surface area contributed by atoms with E-state index in [1.807, 2.05) is 30.3 Å². The van der Waals surface area contributed by atoms with Crippen LogP contribution in [0.5, 0.6) is 0 Å². The van der Waals surface area contributed by atoms with Crippen molar-refractivity contribution in [1.82, 2.24) is 14.1 Å². The van der Waals surface area contributed by atoms with E-state index in [1.54, 1.807) is 18.3 Å². The van der Waals surface area contributed by atoms with Crippen molar-refractivity contribution in [2.45, 2.75) is 37.1 Å². The smallest absolute Gasteiger partial charge is 0.248 e. The van der Waals surface area contributed by atoms with Gasteiger partial charge in [-0.05, 0) is 31.7 Å². The average Bonchev–Trinajstić information content (AvgIpc) is 3.06. The van der Waals surface area contributed by atoms with Crippen molar-refractivity contribution in [3.05, 3.63) is 46.7 Å². The molecule has 0 N–H and O–H groups in total. The first-order valence-electron chi connectivity index (χ1n) is 7.66. The summed E-state index contributed by atoms with van der Waals surface area (Å²) in [5.74, 6) is 0. The number of hydrogen-bond donors (Lipinski definition) is 0. The molecular formula is C16H20ClN3O2S. The highest BCUT2D eigenvalue weighted by atomic mass is 35.5. The molecule has 124 valence electrons. The van der Waals surface area contributed by atoms with Gasteiger partial charge in [-0.15, -0.1) is 0 Å². The van der Waals surface area contributed by atoms with Gasteiger partial charge in [0.25, 0.3) is 0 Å². The summed E-state index contributed by atoms with van der Waals surface area (Å²) in [7, 11) is -1.98. The zero-order valence-electron chi connectivity index (χ0n) is 13.2. The Hall–Kier alpha value is -1.37. The predicted octanol–water partition coefficient (Wildman–Crippen LogP) is 2.78. The lowest BCUT2D eigenvalue weighted by Gasteiger charge is -2.24. The monoisotopic (exact) mass is 353 g/mol. The fourth-order valence-electron chi connectivity index (χ4n) is 3.24. The molecule has 7 heteroatoms. The van der Waals surface area contributed by atoms with Gasteiger partial charge in [0.15, 0.2) is 0 Å². The first-order valence-corrected chi connectivity index (χ1v) is 9.48. The van der Waals surface area contributed by atoms with Crippen LogP contribution in [0.2, 0.25) is 5.15 Å². The predicted molar refractivity (Wildman–Crippen MR) is 90.0 cm³/mol. The van der Waals surface area contributed by atoms with Gasteiger partial charge in [0, 0.05) is 19.6 Å². The Kier molecular flexibility index (Phi) is 4.49. The Morgan fingerprint density at radius 3 is 2.61 bits per heavy atom. The van der Waals surface area contributed by atoms with Crippen LogP contribution >= 0.6 is 11.6 Å². The Morgan fingerprint density at radius 1 is 1.30 bits per heavy atom. The summed E-state index contributed by atoms with van der Waals surface area (Å²) in [6, 6.07) is 9.96. The third-order valence-electron chi connectivity index (χ3n) is 4.30. The first-order chi connectivity index (χ1) is 10.9. The Morgan fingerprint density at radius 2 is 2.00 bits per heavy atom. The summed E-state index contributed by atoms with van der Waals surface area (Å²) in [4.78, 5) is 0.140. The van der Waals surface area contributed by atoms with Gasteiger partial charge in [-0.25, -0.2) is 8.42 Å². The third-order valence-corrected chi connectivity index (χ3v) is 6.95. The van der Waals surface area contributed by atoms with Gasteiger partial charge < -0.3 is 0 Å². The fraction of sp³-hybridized carbons (Fsp3) is 0.438. The minimum absolute atomic E-state index is 0.0296. The molecule has 0 bridgehead atoms. The van der Waals surface area contributed by atoms with Gasteiger partial charge in [-0.2, -0.15) is 9.40 Å². The van der Waals surface area contributed by atoms with Crippen molar-refractivity contribution in [2.75, 3.05) is 6.54 Å². The molecule has 1 aliphatic rings. The molecule has 2 aromatic rings. The van der Waals surface area contributed by atoms with Crippen molar-refractivity contribution in [3.8, 4) is 0 Å². The number of nitrogens with zero attached hydrogens (tertiary/aromatic N) is 3. The van der Waals surface area contributed by atoms with Gasteiger partial charge in [-0.3, -0.25) is 4.68 Å². The Labute approximate surface area is 141 Å². The molecule has 5 nitrogen and oxygen atoms in total. The molecule has 1 unspecified atom stereocenters. The second-order valence-electron chi connectivity index (χ2n) is 5.93. The van der Waals surface area contributed by atoms with Gasteiger partial charge in [0.2, 0.25) is 10.0 Å². The van der Waals surface area contributed by atoms with Crippen LogP contribution in [0.15, 0.2) is 35.2 Å². The summed E-state index contributed by atoms with van der Waals surface area (Å²) >= 11 is 6.18. The maximum Gasteiger partial charge on any atom is 0.248 e. The molecule has 0 saturated carbocycles. The second-order valence-corrected chi connectivity index (χ2v) is 8.12. The molecule has 1 aromatic heterocycles. The van der Waals surface area contributed by atoms with E-state index in [2.05, 4.69) is 5.10 Å². The fourth-order valence-corrected chi connectivity index (χ4v) is 5.64.